The van der Waals surface area contributed by atoms with E-state index in [0.29, 0.717) is 12.0 Å². The Morgan fingerprint density at radius 3 is 2.74 bits per heavy atom. The molecule has 0 bridgehead atoms. The van der Waals surface area contributed by atoms with Crippen molar-refractivity contribution in [3.8, 4) is 17.1 Å². The molecule has 0 fully saturated rings. The van der Waals surface area contributed by atoms with E-state index in [0.717, 1.165) is 5.56 Å². The Balaban J connectivity index is 2.58. The Morgan fingerprint density at radius 1 is 1.47 bits per heavy atom. The number of nitrogens with zero attached hydrogens (tertiary/aromatic N) is 1. The molecule has 0 radical (unpaired) electrons. The summed E-state index contributed by atoms with van der Waals surface area (Å²) in [5.74, 6) is -1.57. The average Bonchev–Trinajstić information content (AvgIpc) is 2.87. The van der Waals surface area contributed by atoms with Gasteiger partial charge in [0, 0.05) is 6.07 Å². The average molecular weight is 265 g/mol. The maximum absolute atomic E-state index is 13.8. The number of hydrogen-bond donors (Lipinski definition) is 1. The molecule has 0 saturated carbocycles. The number of carboxylic acid groups (broad SMARTS) is 1. The summed E-state index contributed by atoms with van der Waals surface area (Å²) in [6.45, 7) is 1.88. The van der Waals surface area contributed by atoms with E-state index in [-0.39, 0.29) is 17.2 Å². The second kappa shape index (κ2) is 5.09. The number of hydrogen-bond acceptors (Lipinski definition) is 4. The first-order valence-electron chi connectivity index (χ1n) is 5.63. The molecule has 2 aromatic rings. The molecule has 5 nitrogen and oxygen atoms in total. The summed E-state index contributed by atoms with van der Waals surface area (Å²) in [4.78, 5) is 10.8. The summed E-state index contributed by atoms with van der Waals surface area (Å²) >= 11 is 0. The van der Waals surface area contributed by atoms with Crippen LogP contribution in [0.3, 0.4) is 0 Å². The van der Waals surface area contributed by atoms with Crippen molar-refractivity contribution in [3.63, 3.8) is 0 Å². The predicted molar refractivity (Wildman–Crippen MR) is 64.8 cm³/mol. The molecule has 19 heavy (non-hydrogen) atoms. The minimum absolute atomic E-state index is 0.00490. The fourth-order valence-electron chi connectivity index (χ4n) is 1.75. The van der Waals surface area contributed by atoms with Crippen molar-refractivity contribution in [1.29, 1.82) is 0 Å². The van der Waals surface area contributed by atoms with Gasteiger partial charge in [0.25, 0.3) is 0 Å². The molecule has 0 aliphatic carbocycles. The number of halogens is 1. The van der Waals surface area contributed by atoms with E-state index in [4.69, 9.17) is 14.4 Å². The van der Waals surface area contributed by atoms with Gasteiger partial charge >= 0.3 is 5.97 Å². The van der Waals surface area contributed by atoms with Gasteiger partial charge in [-0.15, -0.1) is 0 Å². The molecular formula is C13H12FNO4. The lowest BCUT2D eigenvalue weighted by molar-refractivity contribution is 0.0686. The predicted octanol–water partition coefficient (Wildman–Crippen LogP) is 2.75. The molecule has 0 amide bonds. The Hall–Kier alpha value is -2.37. The second-order valence-electron chi connectivity index (χ2n) is 3.89. The topological polar surface area (TPSA) is 72.6 Å². The Kier molecular flexibility index (Phi) is 3.50. The number of aryl methyl sites for hydroxylation is 1. The molecule has 0 spiro atoms. The van der Waals surface area contributed by atoms with Crippen LogP contribution in [0.2, 0.25) is 0 Å². The van der Waals surface area contributed by atoms with E-state index in [1.165, 1.54) is 19.2 Å². The highest BCUT2D eigenvalue weighted by Gasteiger charge is 2.19. The largest absolute Gasteiger partial charge is 0.493 e. The first-order chi connectivity index (χ1) is 9.06. The normalized spacial score (nSPS) is 10.5. The van der Waals surface area contributed by atoms with Gasteiger partial charge in [0.1, 0.15) is 0 Å². The van der Waals surface area contributed by atoms with Crippen LogP contribution in [0.25, 0.3) is 11.3 Å². The first kappa shape index (κ1) is 13.1. The van der Waals surface area contributed by atoms with E-state index < -0.39 is 11.8 Å². The number of rotatable bonds is 4. The van der Waals surface area contributed by atoms with Crippen molar-refractivity contribution in [2.24, 2.45) is 0 Å². The summed E-state index contributed by atoms with van der Waals surface area (Å²) in [7, 11) is 1.34. The van der Waals surface area contributed by atoms with Gasteiger partial charge in [-0.05, 0) is 24.1 Å². The van der Waals surface area contributed by atoms with Crippen molar-refractivity contribution in [2.45, 2.75) is 13.3 Å². The van der Waals surface area contributed by atoms with Crippen LogP contribution >= 0.6 is 0 Å². The van der Waals surface area contributed by atoms with E-state index in [2.05, 4.69) is 5.16 Å². The number of benzene rings is 1. The fraction of sp³-hybridized carbons (Fsp3) is 0.231. The standard InChI is InChI=1S/C13H12FNO4/c1-3-7-4-8(12(18-2)9(14)5-7)11-6-10(13(16)17)15-19-11/h4-6H,3H2,1-2H3,(H,16,17). The summed E-state index contributed by atoms with van der Waals surface area (Å²) in [5, 5.41) is 12.2. The van der Waals surface area contributed by atoms with Crippen molar-refractivity contribution < 1.29 is 23.6 Å². The fourth-order valence-corrected chi connectivity index (χ4v) is 1.75. The molecule has 2 rings (SSSR count). The molecule has 0 unspecified atom stereocenters. The van der Waals surface area contributed by atoms with Crippen LogP contribution in [0, 0.1) is 5.82 Å². The molecule has 1 aromatic heterocycles. The SMILES string of the molecule is CCc1cc(F)c(OC)c(-c2cc(C(=O)O)no2)c1. The van der Waals surface area contributed by atoms with Crippen molar-refractivity contribution in [1.82, 2.24) is 5.16 Å². The number of aromatic nitrogens is 1. The second-order valence-corrected chi connectivity index (χ2v) is 3.89. The molecule has 0 saturated heterocycles. The number of methoxy groups -OCH3 is 1. The van der Waals surface area contributed by atoms with Crippen LogP contribution in [0.5, 0.6) is 5.75 Å². The van der Waals surface area contributed by atoms with Crippen molar-refractivity contribution >= 4 is 5.97 Å². The van der Waals surface area contributed by atoms with Crippen LogP contribution in [-0.2, 0) is 6.42 Å². The third-order valence-corrected chi connectivity index (χ3v) is 2.71. The van der Waals surface area contributed by atoms with Crippen LogP contribution in [0.1, 0.15) is 23.0 Å². The van der Waals surface area contributed by atoms with Crippen LogP contribution in [0.15, 0.2) is 22.7 Å². The van der Waals surface area contributed by atoms with Gasteiger partial charge in [-0.2, -0.15) is 0 Å². The van der Waals surface area contributed by atoms with Crippen molar-refractivity contribution in [2.75, 3.05) is 7.11 Å². The van der Waals surface area contributed by atoms with Gasteiger partial charge in [-0.3, -0.25) is 0 Å². The van der Waals surface area contributed by atoms with Gasteiger partial charge in [0.2, 0.25) is 0 Å². The summed E-state index contributed by atoms with van der Waals surface area (Å²) < 4.78 is 23.8. The van der Waals surface area contributed by atoms with E-state index in [9.17, 15) is 9.18 Å². The lowest BCUT2D eigenvalue weighted by atomic mass is 10.0. The lowest BCUT2D eigenvalue weighted by Gasteiger charge is -2.09. The van der Waals surface area contributed by atoms with Crippen LogP contribution in [-0.4, -0.2) is 23.3 Å². The molecule has 0 aliphatic heterocycles. The van der Waals surface area contributed by atoms with Gasteiger partial charge in [0.05, 0.1) is 12.7 Å². The monoisotopic (exact) mass is 265 g/mol. The van der Waals surface area contributed by atoms with Gasteiger partial charge in [0.15, 0.2) is 23.0 Å². The van der Waals surface area contributed by atoms with E-state index >= 15 is 0 Å². The van der Waals surface area contributed by atoms with Gasteiger partial charge < -0.3 is 14.4 Å². The minimum Gasteiger partial charge on any atom is -0.493 e. The zero-order chi connectivity index (χ0) is 14.0. The molecule has 6 heteroatoms. The summed E-state index contributed by atoms with van der Waals surface area (Å²) in [6, 6.07) is 4.30. The van der Waals surface area contributed by atoms with Crippen LogP contribution in [0.4, 0.5) is 4.39 Å². The highest BCUT2D eigenvalue weighted by atomic mass is 19.1. The van der Waals surface area contributed by atoms with E-state index in [1.807, 2.05) is 6.92 Å². The Morgan fingerprint density at radius 2 is 2.21 bits per heavy atom. The van der Waals surface area contributed by atoms with E-state index in [1.54, 1.807) is 6.07 Å². The molecule has 0 atom stereocenters. The van der Waals surface area contributed by atoms with Gasteiger partial charge in [-0.25, -0.2) is 9.18 Å². The highest BCUT2D eigenvalue weighted by Crippen LogP contribution is 2.34. The molecular weight excluding hydrogens is 253 g/mol. The quantitative estimate of drug-likeness (QED) is 0.920. The zero-order valence-corrected chi connectivity index (χ0v) is 10.4. The smallest absolute Gasteiger partial charge is 0.358 e. The minimum atomic E-state index is -1.21. The third-order valence-electron chi connectivity index (χ3n) is 2.71. The summed E-state index contributed by atoms with van der Waals surface area (Å²) in [5.41, 5.74) is 0.861. The summed E-state index contributed by atoms with van der Waals surface area (Å²) in [6.07, 6.45) is 0.633. The molecule has 100 valence electrons. The van der Waals surface area contributed by atoms with Crippen LogP contribution < -0.4 is 4.74 Å². The number of ether oxygens (including phenoxy) is 1. The first-order valence-corrected chi connectivity index (χ1v) is 5.63. The number of aromatic carboxylic acids is 1. The lowest BCUT2D eigenvalue weighted by Crippen LogP contribution is -1.95. The molecule has 1 aromatic carbocycles. The molecule has 1 N–H and O–H groups in total. The Labute approximate surface area is 108 Å². The Bertz CT molecular complexity index is 621. The maximum atomic E-state index is 13.8. The number of carboxylic acids is 1. The molecule has 1 heterocycles. The van der Waals surface area contributed by atoms with Gasteiger partial charge in [-0.1, -0.05) is 12.1 Å². The van der Waals surface area contributed by atoms with Crippen molar-refractivity contribution in [3.05, 3.63) is 35.3 Å². The zero-order valence-electron chi connectivity index (χ0n) is 10.4. The maximum Gasteiger partial charge on any atom is 0.358 e. The molecule has 0 aliphatic rings. The number of carbonyl (C=O) groups is 1. The third kappa shape index (κ3) is 2.42. The highest BCUT2D eigenvalue weighted by molar-refractivity contribution is 5.86.